The van der Waals surface area contributed by atoms with Gasteiger partial charge in [0.2, 0.25) is 0 Å². The molecule has 0 radical (unpaired) electrons. The van der Waals surface area contributed by atoms with Crippen molar-refractivity contribution in [2.24, 2.45) is 5.41 Å². The van der Waals surface area contributed by atoms with E-state index < -0.39 is 0 Å². The van der Waals surface area contributed by atoms with Crippen LogP contribution in [-0.4, -0.2) is 12.4 Å². The molecule has 1 aliphatic heterocycles. The third-order valence-corrected chi connectivity index (χ3v) is 5.04. The Labute approximate surface area is 151 Å². The van der Waals surface area contributed by atoms with Gasteiger partial charge in [0, 0.05) is 23.0 Å². The summed E-state index contributed by atoms with van der Waals surface area (Å²) in [5, 5.41) is 0. The normalized spacial score (nSPS) is 19.4. The molecule has 1 atom stereocenters. The lowest BCUT2D eigenvalue weighted by Crippen LogP contribution is -2.26. The molecule has 0 aliphatic carbocycles. The maximum absolute atomic E-state index is 12.5. The van der Waals surface area contributed by atoms with Crippen LogP contribution in [0.4, 0.5) is 0 Å². The summed E-state index contributed by atoms with van der Waals surface area (Å²) >= 11 is 0. The summed E-state index contributed by atoms with van der Waals surface area (Å²) in [4.78, 5) is 12.5. The molecule has 0 spiro atoms. The van der Waals surface area contributed by atoms with Crippen LogP contribution in [0.1, 0.15) is 62.0 Å². The van der Waals surface area contributed by atoms with Crippen LogP contribution in [-0.2, 0) is 11.8 Å². The van der Waals surface area contributed by atoms with Gasteiger partial charge in [-0.25, -0.2) is 0 Å². The highest BCUT2D eigenvalue weighted by Crippen LogP contribution is 2.41. The lowest BCUT2D eigenvalue weighted by atomic mass is 9.78. The first-order valence-corrected chi connectivity index (χ1v) is 9.11. The standard InChI is InChI=1S/C23H28O2/c1-22(2,3)13-12-20(24)18-10-11-19-21(14-18)25-16-23(19,4)15-17-8-6-5-7-9-17/h5-11,14H,12-13,15-16H2,1-4H3. The summed E-state index contributed by atoms with van der Waals surface area (Å²) in [6, 6.07) is 16.5. The van der Waals surface area contributed by atoms with Crippen molar-refractivity contribution >= 4 is 5.78 Å². The van der Waals surface area contributed by atoms with Crippen LogP contribution in [0.25, 0.3) is 0 Å². The number of ether oxygens (including phenoxy) is 1. The molecule has 2 heteroatoms. The zero-order valence-corrected chi connectivity index (χ0v) is 15.8. The highest BCUT2D eigenvalue weighted by molar-refractivity contribution is 5.96. The zero-order chi connectivity index (χ0) is 18.1. The summed E-state index contributed by atoms with van der Waals surface area (Å²) in [7, 11) is 0. The maximum Gasteiger partial charge on any atom is 0.163 e. The Hall–Kier alpha value is -2.09. The summed E-state index contributed by atoms with van der Waals surface area (Å²) in [5.41, 5.74) is 3.43. The zero-order valence-electron chi connectivity index (χ0n) is 15.8. The van der Waals surface area contributed by atoms with Gasteiger partial charge < -0.3 is 4.74 Å². The third-order valence-electron chi connectivity index (χ3n) is 5.04. The third kappa shape index (κ3) is 4.12. The van der Waals surface area contributed by atoms with Gasteiger partial charge >= 0.3 is 0 Å². The highest BCUT2D eigenvalue weighted by atomic mass is 16.5. The number of fused-ring (bicyclic) bond motifs is 1. The van der Waals surface area contributed by atoms with Crippen molar-refractivity contribution < 1.29 is 9.53 Å². The monoisotopic (exact) mass is 336 g/mol. The Bertz CT molecular complexity index is 755. The number of ketones is 1. The van der Waals surface area contributed by atoms with Crippen LogP contribution in [0, 0.1) is 5.41 Å². The molecule has 25 heavy (non-hydrogen) atoms. The first-order chi connectivity index (χ1) is 11.8. The Morgan fingerprint density at radius 2 is 1.84 bits per heavy atom. The first-order valence-electron chi connectivity index (χ1n) is 9.11. The average Bonchev–Trinajstić information content (AvgIpc) is 2.89. The molecule has 0 saturated heterocycles. The van der Waals surface area contributed by atoms with E-state index in [9.17, 15) is 4.79 Å². The van der Waals surface area contributed by atoms with Crippen molar-refractivity contribution in [1.82, 2.24) is 0 Å². The molecule has 0 N–H and O–H groups in total. The summed E-state index contributed by atoms with van der Waals surface area (Å²) in [6.45, 7) is 9.41. The lowest BCUT2D eigenvalue weighted by Gasteiger charge is -2.23. The molecule has 1 heterocycles. The van der Waals surface area contributed by atoms with E-state index in [4.69, 9.17) is 4.74 Å². The number of carbonyl (C=O) groups excluding carboxylic acids is 1. The van der Waals surface area contributed by atoms with Gasteiger partial charge in [-0.05, 0) is 29.9 Å². The van der Waals surface area contributed by atoms with Crippen LogP contribution < -0.4 is 4.74 Å². The number of Topliss-reactive ketones (excluding diaryl/α,β-unsaturated/α-hetero) is 1. The van der Waals surface area contributed by atoms with E-state index in [1.54, 1.807) is 0 Å². The predicted octanol–water partition coefficient (Wildman–Crippen LogP) is 5.59. The van der Waals surface area contributed by atoms with E-state index in [0.29, 0.717) is 13.0 Å². The van der Waals surface area contributed by atoms with Gasteiger partial charge in [-0.2, -0.15) is 0 Å². The maximum atomic E-state index is 12.5. The van der Waals surface area contributed by atoms with Crippen LogP contribution in [0.5, 0.6) is 5.75 Å². The largest absolute Gasteiger partial charge is 0.492 e. The molecule has 1 aliphatic rings. The van der Waals surface area contributed by atoms with Gasteiger partial charge in [0.25, 0.3) is 0 Å². The van der Waals surface area contributed by atoms with Gasteiger partial charge in [-0.1, -0.05) is 70.2 Å². The van der Waals surface area contributed by atoms with E-state index in [2.05, 4.69) is 58.0 Å². The van der Waals surface area contributed by atoms with Gasteiger partial charge in [0.15, 0.2) is 5.78 Å². The molecule has 0 fully saturated rings. The smallest absolute Gasteiger partial charge is 0.163 e. The Morgan fingerprint density at radius 1 is 1.12 bits per heavy atom. The highest BCUT2D eigenvalue weighted by Gasteiger charge is 2.36. The number of benzene rings is 2. The second-order valence-corrected chi connectivity index (χ2v) is 8.71. The fourth-order valence-corrected chi connectivity index (χ4v) is 3.45. The second-order valence-electron chi connectivity index (χ2n) is 8.71. The molecule has 0 amide bonds. The molecule has 0 aromatic heterocycles. The van der Waals surface area contributed by atoms with E-state index >= 15 is 0 Å². The minimum absolute atomic E-state index is 0.0380. The van der Waals surface area contributed by atoms with Crippen LogP contribution in [0.2, 0.25) is 0 Å². The van der Waals surface area contributed by atoms with Crippen LogP contribution in [0.15, 0.2) is 48.5 Å². The molecule has 2 aromatic carbocycles. The second kappa shape index (κ2) is 6.67. The van der Waals surface area contributed by atoms with E-state index in [1.807, 2.05) is 18.2 Å². The molecule has 0 saturated carbocycles. The quantitative estimate of drug-likeness (QED) is 0.665. The van der Waals surface area contributed by atoms with Crippen molar-refractivity contribution in [2.75, 3.05) is 6.61 Å². The summed E-state index contributed by atoms with van der Waals surface area (Å²) in [6.07, 6.45) is 2.43. The topological polar surface area (TPSA) is 26.3 Å². The number of carbonyl (C=O) groups is 1. The van der Waals surface area contributed by atoms with Crippen molar-refractivity contribution in [2.45, 2.75) is 52.4 Å². The molecule has 2 nitrogen and oxygen atoms in total. The Balaban J connectivity index is 1.77. The molecule has 1 unspecified atom stereocenters. The predicted molar refractivity (Wildman–Crippen MR) is 102 cm³/mol. The van der Waals surface area contributed by atoms with Gasteiger partial charge in [-0.3, -0.25) is 4.79 Å². The van der Waals surface area contributed by atoms with E-state index in [0.717, 1.165) is 24.2 Å². The average molecular weight is 336 g/mol. The van der Waals surface area contributed by atoms with Crippen molar-refractivity contribution in [3.63, 3.8) is 0 Å². The van der Waals surface area contributed by atoms with E-state index in [-0.39, 0.29) is 16.6 Å². The van der Waals surface area contributed by atoms with Gasteiger partial charge in [-0.15, -0.1) is 0 Å². The summed E-state index contributed by atoms with van der Waals surface area (Å²) in [5.74, 6) is 1.08. The minimum atomic E-state index is -0.0380. The molecule has 132 valence electrons. The molecule has 3 rings (SSSR count). The first kappa shape index (κ1) is 17.7. The van der Waals surface area contributed by atoms with Gasteiger partial charge in [0.1, 0.15) is 5.75 Å². The number of rotatable bonds is 5. The van der Waals surface area contributed by atoms with Crippen molar-refractivity contribution in [3.05, 3.63) is 65.2 Å². The summed E-state index contributed by atoms with van der Waals surface area (Å²) < 4.78 is 5.97. The van der Waals surface area contributed by atoms with Crippen LogP contribution in [0.3, 0.4) is 0 Å². The fraction of sp³-hybridized carbons (Fsp3) is 0.435. The molecular formula is C23H28O2. The van der Waals surface area contributed by atoms with Gasteiger partial charge in [0.05, 0.1) is 6.61 Å². The molecule has 0 bridgehead atoms. The van der Waals surface area contributed by atoms with Crippen molar-refractivity contribution in [3.8, 4) is 5.75 Å². The lowest BCUT2D eigenvalue weighted by molar-refractivity contribution is 0.0965. The van der Waals surface area contributed by atoms with E-state index in [1.165, 1.54) is 11.1 Å². The van der Waals surface area contributed by atoms with Crippen LogP contribution >= 0.6 is 0 Å². The fourth-order valence-electron chi connectivity index (χ4n) is 3.45. The molecular weight excluding hydrogens is 308 g/mol. The molecule has 2 aromatic rings. The minimum Gasteiger partial charge on any atom is -0.492 e. The SMILES string of the molecule is CC(C)(C)CCC(=O)c1ccc2c(c1)OCC2(C)Cc1ccccc1. The Morgan fingerprint density at radius 3 is 2.52 bits per heavy atom. The van der Waals surface area contributed by atoms with Crippen molar-refractivity contribution in [1.29, 1.82) is 0 Å². The number of hydrogen-bond acceptors (Lipinski definition) is 2. The number of hydrogen-bond donors (Lipinski definition) is 0. The Kier molecular flexibility index (Phi) is 4.73.